The molecule has 0 spiro atoms. The van der Waals surface area contributed by atoms with E-state index in [-0.39, 0.29) is 18.9 Å². The van der Waals surface area contributed by atoms with Gasteiger partial charge in [0.15, 0.2) is 17.3 Å². The van der Waals surface area contributed by atoms with Crippen LogP contribution in [0.5, 0.6) is 17.2 Å². The highest BCUT2D eigenvalue weighted by Gasteiger charge is 2.13. The van der Waals surface area contributed by atoms with Gasteiger partial charge in [-0.2, -0.15) is 0 Å². The Labute approximate surface area is 103 Å². The van der Waals surface area contributed by atoms with E-state index in [1.54, 1.807) is 0 Å². The molecular weight excluding hydrogens is 240 g/mol. The molecule has 7 heteroatoms. The van der Waals surface area contributed by atoms with E-state index in [4.69, 9.17) is 15.9 Å². The third-order valence-corrected chi connectivity index (χ3v) is 2.44. The molecule has 0 saturated carbocycles. The first-order valence-corrected chi connectivity index (χ1v) is 5.30. The molecule has 0 fully saturated rings. The quantitative estimate of drug-likeness (QED) is 0.351. The van der Waals surface area contributed by atoms with Gasteiger partial charge in [0.1, 0.15) is 0 Å². The van der Waals surface area contributed by atoms with Gasteiger partial charge in [0.25, 0.3) is 0 Å². The average molecular weight is 256 g/mol. The lowest BCUT2D eigenvalue weighted by Gasteiger charge is -2.10. The number of aromatic hydroxyl groups is 3. The van der Waals surface area contributed by atoms with Crippen molar-refractivity contribution in [1.29, 1.82) is 0 Å². The molecule has 0 aliphatic heterocycles. The number of phenolic OH excluding ortho intramolecular Hbond substituents is 3. The number of rotatable bonds is 6. The summed E-state index contributed by atoms with van der Waals surface area (Å²) >= 11 is 0. The summed E-state index contributed by atoms with van der Waals surface area (Å²) in [4.78, 5) is 11.3. The van der Waals surface area contributed by atoms with Crippen molar-refractivity contribution in [3.8, 4) is 17.2 Å². The fourth-order valence-corrected chi connectivity index (χ4v) is 1.31. The lowest BCUT2D eigenvalue weighted by atomic mass is 10.1. The normalized spacial score (nSPS) is 12.3. The molecule has 7 nitrogen and oxygen atoms in total. The largest absolute Gasteiger partial charge is 0.504 e. The van der Waals surface area contributed by atoms with Crippen molar-refractivity contribution < 1.29 is 25.2 Å². The number of ketones is 1. The van der Waals surface area contributed by atoms with Crippen LogP contribution >= 0.6 is 0 Å². The third-order valence-electron chi connectivity index (χ3n) is 2.44. The molecule has 0 unspecified atom stereocenters. The van der Waals surface area contributed by atoms with E-state index in [0.29, 0.717) is 5.56 Å². The Morgan fingerprint density at radius 1 is 1.28 bits per heavy atom. The molecule has 0 bridgehead atoms. The summed E-state index contributed by atoms with van der Waals surface area (Å²) in [5.74, 6) is -1.83. The molecule has 0 radical (unpaired) electrons. The molecule has 0 aliphatic rings. The fraction of sp³-hybridized carbons (Fsp3) is 0.364. The van der Waals surface area contributed by atoms with Crippen LogP contribution in [0.2, 0.25) is 0 Å². The minimum atomic E-state index is -0.931. The van der Waals surface area contributed by atoms with Gasteiger partial charge in [-0.25, -0.2) is 0 Å². The van der Waals surface area contributed by atoms with Gasteiger partial charge in [-0.3, -0.25) is 4.79 Å². The number of nitrogens with one attached hydrogen (secondary N) is 1. The van der Waals surface area contributed by atoms with E-state index < -0.39 is 29.9 Å². The topological polar surface area (TPSA) is 136 Å². The fourth-order valence-electron chi connectivity index (χ4n) is 1.31. The van der Waals surface area contributed by atoms with Crippen LogP contribution in [-0.4, -0.2) is 45.4 Å². The van der Waals surface area contributed by atoms with Gasteiger partial charge in [-0.15, -0.1) is 0 Å². The Hall–Kier alpha value is -1.83. The molecule has 1 atom stereocenters. The van der Waals surface area contributed by atoms with Gasteiger partial charge in [0, 0.05) is 12.1 Å². The first kappa shape index (κ1) is 14.2. The van der Waals surface area contributed by atoms with Crippen LogP contribution in [0.25, 0.3) is 0 Å². The van der Waals surface area contributed by atoms with Crippen molar-refractivity contribution >= 4 is 5.78 Å². The van der Waals surface area contributed by atoms with E-state index in [0.717, 1.165) is 0 Å². The molecule has 0 heterocycles. The maximum Gasteiger partial charge on any atom is 0.200 e. The van der Waals surface area contributed by atoms with Gasteiger partial charge in [0.05, 0.1) is 19.2 Å². The van der Waals surface area contributed by atoms with Gasteiger partial charge in [0.2, 0.25) is 5.75 Å². The monoisotopic (exact) mass is 256 g/mol. The molecule has 0 amide bonds. The van der Waals surface area contributed by atoms with E-state index >= 15 is 0 Å². The van der Waals surface area contributed by atoms with Crippen LogP contribution in [0.15, 0.2) is 12.1 Å². The number of phenols is 3. The number of Topliss-reactive ketones (excluding diaryl/α,β-unsaturated/α-hetero) is 1. The van der Waals surface area contributed by atoms with E-state index in [1.165, 1.54) is 12.1 Å². The van der Waals surface area contributed by atoms with E-state index in [9.17, 15) is 15.0 Å². The molecule has 18 heavy (non-hydrogen) atoms. The minimum absolute atomic E-state index is 0.0667. The highest BCUT2D eigenvalue weighted by Crippen LogP contribution is 2.36. The van der Waals surface area contributed by atoms with Crippen LogP contribution in [0, 0.1) is 0 Å². The predicted octanol–water partition coefficient (Wildman–Crippen LogP) is -1.22. The van der Waals surface area contributed by atoms with Gasteiger partial charge >= 0.3 is 0 Å². The summed E-state index contributed by atoms with van der Waals surface area (Å²) in [6.07, 6.45) is 0. The molecule has 0 saturated heterocycles. The van der Waals surface area contributed by atoms with Crippen LogP contribution < -0.4 is 11.1 Å². The van der Waals surface area contributed by atoms with Crippen LogP contribution in [-0.2, 0) is 11.3 Å². The average Bonchev–Trinajstić information content (AvgIpc) is 2.37. The highest BCUT2D eigenvalue weighted by molar-refractivity contribution is 5.85. The first-order valence-electron chi connectivity index (χ1n) is 5.30. The number of carbonyl (C=O) groups excluding carboxylic acids is 1. The van der Waals surface area contributed by atoms with Crippen molar-refractivity contribution in [1.82, 2.24) is 5.32 Å². The molecule has 0 aliphatic carbocycles. The molecule has 1 rings (SSSR count). The lowest BCUT2D eigenvalue weighted by Crippen LogP contribution is -2.39. The van der Waals surface area contributed by atoms with Crippen LogP contribution in [0.1, 0.15) is 5.56 Å². The molecule has 7 N–H and O–H groups in total. The summed E-state index contributed by atoms with van der Waals surface area (Å²) in [6, 6.07) is 1.71. The second-order valence-electron chi connectivity index (χ2n) is 3.80. The summed E-state index contributed by atoms with van der Waals surface area (Å²) in [5.41, 5.74) is 5.64. The Kier molecular flexibility index (Phi) is 4.90. The standard InChI is InChI=1S/C11H16N2O5/c12-7(5-14)9(16)4-13-3-6-1-2-8(15)11(18)10(6)17/h1-2,7,13-15,17-18H,3-5,12H2/t7-/m1/s1. The zero-order chi connectivity index (χ0) is 13.7. The van der Waals surface area contributed by atoms with Crippen molar-refractivity contribution in [3.63, 3.8) is 0 Å². The molecule has 1 aromatic carbocycles. The minimum Gasteiger partial charge on any atom is -0.504 e. The van der Waals surface area contributed by atoms with Crippen LogP contribution in [0.4, 0.5) is 0 Å². The summed E-state index contributed by atoms with van der Waals surface area (Å²) in [5, 5.41) is 39.3. The van der Waals surface area contributed by atoms with Gasteiger partial charge in [-0.1, -0.05) is 6.07 Å². The predicted molar refractivity (Wildman–Crippen MR) is 63.2 cm³/mol. The van der Waals surface area contributed by atoms with Gasteiger partial charge in [-0.05, 0) is 6.07 Å². The third kappa shape index (κ3) is 3.33. The van der Waals surface area contributed by atoms with Crippen molar-refractivity contribution in [2.45, 2.75) is 12.6 Å². The second-order valence-corrected chi connectivity index (χ2v) is 3.80. The Morgan fingerprint density at radius 2 is 1.94 bits per heavy atom. The summed E-state index contributed by atoms with van der Waals surface area (Å²) in [6.45, 7) is -0.377. The highest BCUT2D eigenvalue weighted by atomic mass is 16.3. The van der Waals surface area contributed by atoms with Crippen molar-refractivity contribution in [2.24, 2.45) is 5.73 Å². The second kappa shape index (κ2) is 6.20. The summed E-state index contributed by atoms with van der Waals surface area (Å²) in [7, 11) is 0. The smallest absolute Gasteiger partial charge is 0.200 e. The first-order chi connectivity index (χ1) is 8.47. The molecule has 1 aromatic rings. The number of hydrogen-bond acceptors (Lipinski definition) is 7. The molecule has 0 aromatic heterocycles. The Bertz CT molecular complexity index is 436. The van der Waals surface area contributed by atoms with Crippen molar-refractivity contribution in [2.75, 3.05) is 13.2 Å². The number of aliphatic hydroxyl groups is 1. The Balaban J connectivity index is 2.55. The zero-order valence-electron chi connectivity index (χ0n) is 9.63. The molecule has 100 valence electrons. The molecular formula is C11H16N2O5. The maximum absolute atomic E-state index is 11.3. The SMILES string of the molecule is N[C@H](CO)C(=O)CNCc1ccc(O)c(O)c1O. The Morgan fingerprint density at radius 3 is 2.56 bits per heavy atom. The number of carbonyl (C=O) groups is 1. The maximum atomic E-state index is 11.3. The number of aliphatic hydroxyl groups excluding tert-OH is 1. The van der Waals surface area contributed by atoms with Crippen molar-refractivity contribution in [3.05, 3.63) is 17.7 Å². The number of nitrogens with two attached hydrogens (primary N) is 1. The van der Waals surface area contributed by atoms with Crippen LogP contribution in [0.3, 0.4) is 0 Å². The van der Waals surface area contributed by atoms with E-state index in [1.807, 2.05) is 0 Å². The number of benzene rings is 1. The lowest BCUT2D eigenvalue weighted by molar-refractivity contribution is -0.120. The van der Waals surface area contributed by atoms with E-state index in [2.05, 4.69) is 5.32 Å². The number of hydrogen-bond donors (Lipinski definition) is 6. The van der Waals surface area contributed by atoms with Gasteiger partial charge < -0.3 is 31.5 Å². The zero-order valence-corrected chi connectivity index (χ0v) is 9.63. The summed E-state index contributed by atoms with van der Waals surface area (Å²) < 4.78 is 0.